The van der Waals surface area contributed by atoms with Crippen LogP contribution in [-0.4, -0.2) is 63.3 Å². The van der Waals surface area contributed by atoms with Crippen molar-refractivity contribution in [1.82, 2.24) is 25.3 Å². The fourth-order valence-electron chi connectivity index (χ4n) is 4.94. The van der Waals surface area contributed by atoms with Gasteiger partial charge >= 0.3 is 0 Å². The summed E-state index contributed by atoms with van der Waals surface area (Å²) in [6.07, 6.45) is 7.66. The van der Waals surface area contributed by atoms with Crippen molar-refractivity contribution in [2.24, 2.45) is 0 Å². The summed E-state index contributed by atoms with van der Waals surface area (Å²) in [6, 6.07) is 9.96. The lowest BCUT2D eigenvalue weighted by molar-refractivity contribution is -0.133. The van der Waals surface area contributed by atoms with Crippen molar-refractivity contribution in [1.29, 1.82) is 0 Å². The van der Waals surface area contributed by atoms with Crippen molar-refractivity contribution in [3.8, 4) is 0 Å². The largest absolute Gasteiger partial charge is 0.351 e. The summed E-state index contributed by atoms with van der Waals surface area (Å²) in [5.41, 5.74) is 0.637. The van der Waals surface area contributed by atoms with Gasteiger partial charge in [0, 0.05) is 30.1 Å². The summed E-state index contributed by atoms with van der Waals surface area (Å²) in [7, 11) is 0. The third-order valence-electron chi connectivity index (χ3n) is 7.02. The van der Waals surface area contributed by atoms with Gasteiger partial charge in [0.05, 0.1) is 6.54 Å². The number of benzene rings is 1. The molecule has 0 spiro atoms. The average molecular weight is 498 g/mol. The van der Waals surface area contributed by atoms with Crippen LogP contribution in [0.2, 0.25) is 0 Å². The Bertz CT molecular complexity index is 1080. The number of hydrogen-bond acceptors (Lipinski definition) is 5. The third kappa shape index (κ3) is 5.39. The number of fused-ring (bicyclic) bond motifs is 1. The van der Waals surface area contributed by atoms with Crippen LogP contribution in [0.1, 0.15) is 72.5 Å². The monoisotopic (exact) mass is 497 g/mol. The van der Waals surface area contributed by atoms with Gasteiger partial charge in [-0.2, -0.15) is 5.10 Å². The van der Waals surface area contributed by atoms with Gasteiger partial charge in [-0.25, -0.2) is 0 Å². The van der Waals surface area contributed by atoms with Crippen LogP contribution in [0.25, 0.3) is 0 Å². The first kappa shape index (κ1) is 25.3. The van der Waals surface area contributed by atoms with Crippen LogP contribution in [0.15, 0.2) is 35.2 Å². The lowest BCUT2D eigenvalue weighted by Crippen LogP contribution is -2.65. The zero-order valence-electron chi connectivity index (χ0n) is 20.8. The van der Waals surface area contributed by atoms with E-state index < -0.39 is 5.54 Å². The predicted octanol–water partition coefficient (Wildman–Crippen LogP) is 3.26. The van der Waals surface area contributed by atoms with E-state index in [-0.39, 0.29) is 36.0 Å². The van der Waals surface area contributed by atoms with Gasteiger partial charge in [0.15, 0.2) is 5.69 Å². The number of rotatable bonds is 9. The van der Waals surface area contributed by atoms with Gasteiger partial charge in [0.25, 0.3) is 11.8 Å². The molecule has 188 valence electrons. The molecule has 2 N–H and O–H groups in total. The Morgan fingerprint density at radius 1 is 1.20 bits per heavy atom. The quantitative estimate of drug-likeness (QED) is 0.519. The second-order valence-electron chi connectivity index (χ2n) is 9.61. The van der Waals surface area contributed by atoms with Crippen LogP contribution in [0.4, 0.5) is 0 Å². The number of carbonyl (C=O) groups excluding carboxylic acids is 3. The Hall–Kier alpha value is -2.81. The Morgan fingerprint density at radius 3 is 2.57 bits per heavy atom. The second-order valence-corrected chi connectivity index (χ2v) is 10.5. The summed E-state index contributed by atoms with van der Waals surface area (Å²) in [5.74, 6) is -0.729. The van der Waals surface area contributed by atoms with Crippen LogP contribution < -0.4 is 10.6 Å². The normalized spacial score (nSPS) is 20.1. The predicted molar refractivity (Wildman–Crippen MR) is 137 cm³/mol. The van der Waals surface area contributed by atoms with E-state index in [0.29, 0.717) is 25.2 Å². The molecule has 1 aromatic carbocycles. The average Bonchev–Trinajstić information content (AvgIpc) is 3.52. The van der Waals surface area contributed by atoms with Crippen LogP contribution in [0, 0.1) is 0 Å². The highest BCUT2D eigenvalue weighted by atomic mass is 32.2. The van der Waals surface area contributed by atoms with Crippen LogP contribution in [-0.2, 0) is 17.8 Å². The zero-order chi connectivity index (χ0) is 25.0. The minimum Gasteiger partial charge on any atom is -0.351 e. The Labute approximate surface area is 211 Å². The van der Waals surface area contributed by atoms with Gasteiger partial charge in [0.2, 0.25) is 5.91 Å². The van der Waals surface area contributed by atoms with Crippen LogP contribution in [0.3, 0.4) is 0 Å². The van der Waals surface area contributed by atoms with Crippen molar-refractivity contribution in [2.45, 2.75) is 75.4 Å². The number of nitrogens with one attached hydrogen (secondary N) is 2. The maximum atomic E-state index is 13.4. The highest BCUT2D eigenvalue weighted by molar-refractivity contribution is 7.98. The number of hydrogen-bond donors (Lipinski definition) is 2. The molecule has 9 heteroatoms. The molecule has 1 atom stereocenters. The van der Waals surface area contributed by atoms with E-state index in [4.69, 9.17) is 0 Å². The van der Waals surface area contributed by atoms with Crippen molar-refractivity contribution in [3.63, 3.8) is 0 Å². The highest BCUT2D eigenvalue weighted by Crippen LogP contribution is 2.29. The number of amides is 3. The molecule has 35 heavy (non-hydrogen) atoms. The van der Waals surface area contributed by atoms with Crippen molar-refractivity contribution in [3.05, 3.63) is 47.3 Å². The van der Waals surface area contributed by atoms with E-state index >= 15 is 0 Å². The van der Waals surface area contributed by atoms with E-state index in [1.165, 1.54) is 9.58 Å². The fraction of sp³-hybridized carbons (Fsp3) is 0.538. The van der Waals surface area contributed by atoms with Crippen molar-refractivity contribution >= 4 is 29.5 Å². The molecule has 0 saturated heterocycles. The topological polar surface area (TPSA) is 96.3 Å². The smallest absolute Gasteiger partial charge is 0.273 e. The van der Waals surface area contributed by atoms with Gasteiger partial charge < -0.3 is 15.5 Å². The molecule has 2 aliphatic rings. The number of carbonyl (C=O) groups is 3. The van der Waals surface area contributed by atoms with Gasteiger partial charge in [0.1, 0.15) is 11.2 Å². The minimum atomic E-state index is -1.05. The second kappa shape index (κ2) is 10.8. The molecule has 1 aromatic heterocycles. The number of nitrogens with zero attached hydrogens (tertiary/aromatic N) is 3. The summed E-state index contributed by atoms with van der Waals surface area (Å²) < 4.78 is 1.53. The Morgan fingerprint density at radius 2 is 1.91 bits per heavy atom. The molecular weight excluding hydrogens is 462 g/mol. The molecule has 0 radical (unpaired) electrons. The molecule has 0 bridgehead atoms. The first-order valence-corrected chi connectivity index (χ1v) is 13.7. The molecule has 2 heterocycles. The van der Waals surface area contributed by atoms with Gasteiger partial charge in [-0.15, -0.1) is 11.8 Å². The zero-order valence-corrected chi connectivity index (χ0v) is 21.6. The Balaban J connectivity index is 1.45. The molecule has 2 aromatic rings. The molecule has 1 aliphatic carbocycles. The summed E-state index contributed by atoms with van der Waals surface area (Å²) in [5, 5.41) is 10.5. The molecule has 1 aliphatic heterocycles. The van der Waals surface area contributed by atoms with Crippen molar-refractivity contribution < 1.29 is 14.4 Å². The third-order valence-corrected chi connectivity index (χ3v) is 7.76. The lowest BCUT2D eigenvalue weighted by Gasteiger charge is -2.43. The van der Waals surface area contributed by atoms with Gasteiger partial charge in [-0.1, -0.05) is 31.9 Å². The van der Waals surface area contributed by atoms with Crippen LogP contribution >= 0.6 is 11.8 Å². The fourth-order valence-corrected chi connectivity index (χ4v) is 5.35. The summed E-state index contributed by atoms with van der Waals surface area (Å²) in [6.45, 7) is 4.95. The van der Waals surface area contributed by atoms with E-state index in [9.17, 15) is 14.4 Å². The molecule has 1 saturated carbocycles. The van der Waals surface area contributed by atoms with E-state index in [1.54, 1.807) is 29.7 Å². The molecule has 8 nitrogen and oxygen atoms in total. The highest BCUT2D eigenvalue weighted by Gasteiger charge is 2.48. The lowest BCUT2D eigenvalue weighted by atomic mass is 9.94. The van der Waals surface area contributed by atoms with Gasteiger partial charge in [-0.3, -0.25) is 19.1 Å². The SMILES string of the molecule is CCCN1C(=O)c2cc(C(=O)NCCc3ccc(SC)cc3)nn2C[C@@]1(C)C(=O)NC1CCCC1. The van der Waals surface area contributed by atoms with E-state index in [0.717, 1.165) is 37.7 Å². The summed E-state index contributed by atoms with van der Waals surface area (Å²) in [4.78, 5) is 42.4. The van der Waals surface area contributed by atoms with E-state index in [1.807, 2.05) is 13.2 Å². The van der Waals surface area contributed by atoms with E-state index in [2.05, 4.69) is 40.0 Å². The summed E-state index contributed by atoms with van der Waals surface area (Å²) >= 11 is 1.69. The minimum absolute atomic E-state index is 0.147. The Kier molecular flexibility index (Phi) is 7.84. The molecule has 3 amide bonds. The molecule has 4 rings (SSSR count). The van der Waals surface area contributed by atoms with Crippen LogP contribution in [0.5, 0.6) is 0 Å². The standard InChI is InChI=1S/C26H35N5O3S/c1-4-15-30-24(33)22-16-21(23(32)27-14-13-18-9-11-20(35-3)12-10-18)29-31(22)17-26(30,2)25(34)28-19-7-5-6-8-19/h9-12,16,19H,4-8,13-15,17H2,1-3H3,(H,27,32)(H,28,34)/t26-/m0/s1. The first-order valence-electron chi connectivity index (χ1n) is 12.5. The maximum Gasteiger partial charge on any atom is 0.273 e. The van der Waals surface area contributed by atoms with Crippen molar-refractivity contribution in [2.75, 3.05) is 19.3 Å². The molecule has 0 unspecified atom stereocenters. The number of aromatic nitrogens is 2. The number of thioether (sulfide) groups is 1. The van der Waals surface area contributed by atoms with Gasteiger partial charge in [-0.05, 0) is 56.6 Å². The molecular formula is C26H35N5O3S. The first-order chi connectivity index (χ1) is 16.9. The maximum absolute atomic E-state index is 13.4. The molecule has 1 fully saturated rings.